The average molecular weight is 338 g/mol. The van der Waals surface area contributed by atoms with Crippen LogP contribution in [0.1, 0.15) is 24.8 Å². The first kappa shape index (κ1) is 15.1. The van der Waals surface area contributed by atoms with Crippen LogP contribution < -0.4 is 5.32 Å². The number of rotatable bonds is 2. The molecule has 1 amide bonds. The van der Waals surface area contributed by atoms with Gasteiger partial charge in [0.2, 0.25) is 5.91 Å². The van der Waals surface area contributed by atoms with Crippen LogP contribution >= 0.6 is 0 Å². The number of carbonyl (C=O) groups excluding carboxylic acids is 2. The number of fused-ring (bicyclic) bond motifs is 1. The van der Waals surface area contributed by atoms with E-state index in [2.05, 4.69) is 34.5 Å². The highest BCUT2D eigenvalue weighted by Crippen LogP contribution is 2.66. The summed E-state index contributed by atoms with van der Waals surface area (Å²) in [5.41, 5.74) is 1.67. The molecule has 130 valence electrons. The molecular formula is C20H22N2O3. The van der Waals surface area contributed by atoms with Crippen molar-refractivity contribution in [3.05, 3.63) is 42.0 Å². The zero-order valence-electron chi connectivity index (χ0n) is 14.3. The van der Waals surface area contributed by atoms with Crippen molar-refractivity contribution in [3.63, 3.8) is 0 Å². The van der Waals surface area contributed by atoms with Gasteiger partial charge in [0.05, 0.1) is 19.4 Å². The Labute approximate surface area is 147 Å². The van der Waals surface area contributed by atoms with Gasteiger partial charge in [-0.15, -0.1) is 0 Å². The van der Waals surface area contributed by atoms with Crippen LogP contribution in [0, 0.1) is 11.3 Å². The van der Waals surface area contributed by atoms with E-state index in [0.717, 1.165) is 25.2 Å². The normalized spacial score (nSPS) is 37.9. The molecule has 1 N–H and O–H groups in total. The summed E-state index contributed by atoms with van der Waals surface area (Å²) in [7, 11) is 1.44. The van der Waals surface area contributed by atoms with Gasteiger partial charge in [0.15, 0.2) is 0 Å². The Morgan fingerprint density at radius 1 is 1.40 bits per heavy atom. The van der Waals surface area contributed by atoms with Gasteiger partial charge in [-0.2, -0.15) is 0 Å². The van der Waals surface area contributed by atoms with Crippen LogP contribution in [0.3, 0.4) is 0 Å². The van der Waals surface area contributed by atoms with Gasteiger partial charge in [-0.25, -0.2) is 0 Å². The molecule has 1 aromatic carbocycles. The maximum absolute atomic E-state index is 13.0. The quantitative estimate of drug-likeness (QED) is 0.663. The number of carbonyl (C=O) groups is 2. The van der Waals surface area contributed by atoms with E-state index in [1.165, 1.54) is 12.7 Å². The number of ether oxygens (including phenoxy) is 1. The molecule has 0 unspecified atom stereocenters. The minimum atomic E-state index is -0.318. The van der Waals surface area contributed by atoms with E-state index in [1.54, 1.807) is 0 Å². The van der Waals surface area contributed by atoms with Gasteiger partial charge < -0.3 is 10.1 Å². The Bertz CT molecular complexity index is 804. The first-order valence-electron chi connectivity index (χ1n) is 9.00. The molecule has 5 nitrogen and oxygen atoms in total. The van der Waals surface area contributed by atoms with E-state index < -0.39 is 0 Å². The number of amides is 1. The van der Waals surface area contributed by atoms with Gasteiger partial charge in [0, 0.05) is 29.1 Å². The molecule has 4 atom stereocenters. The summed E-state index contributed by atoms with van der Waals surface area (Å²) in [6.45, 7) is 1.86. The van der Waals surface area contributed by atoms with Crippen LogP contribution in [-0.2, 0) is 19.7 Å². The lowest BCUT2D eigenvalue weighted by molar-refractivity contribution is -0.143. The van der Waals surface area contributed by atoms with E-state index in [9.17, 15) is 9.59 Å². The lowest BCUT2D eigenvalue weighted by atomic mass is 9.64. The van der Waals surface area contributed by atoms with Crippen molar-refractivity contribution in [2.24, 2.45) is 11.3 Å². The standard InChI is InChI=1S/C20H22N2O3/c1-25-16(23)12-19-7-4-9-22-10-8-20(18(19)22)13-5-2-3-6-15(13)21-17(24)14(20)11-19/h2-7,14,18H,8-12H2,1H3,(H,21,24)/t14-,18+,19+,20+/m1/s1. The van der Waals surface area contributed by atoms with E-state index >= 15 is 0 Å². The molecule has 1 spiro atoms. The zero-order valence-corrected chi connectivity index (χ0v) is 14.3. The van der Waals surface area contributed by atoms with Crippen molar-refractivity contribution >= 4 is 17.6 Å². The van der Waals surface area contributed by atoms with Crippen LogP contribution in [0.15, 0.2) is 36.4 Å². The number of hydrogen-bond donors (Lipinski definition) is 1. The summed E-state index contributed by atoms with van der Waals surface area (Å²) in [5, 5.41) is 3.11. The highest BCUT2D eigenvalue weighted by atomic mass is 16.5. The number of para-hydroxylation sites is 1. The SMILES string of the molecule is COC(=O)C[C@]12C=CCN3CC[C@@]4(c5ccccc5NC(=O)[C@H]4C1)[C@@H]32. The fraction of sp³-hybridized carbons (Fsp3) is 0.500. The van der Waals surface area contributed by atoms with Gasteiger partial charge in [-0.3, -0.25) is 14.5 Å². The van der Waals surface area contributed by atoms with Crippen LogP contribution in [0.2, 0.25) is 0 Å². The van der Waals surface area contributed by atoms with Crippen molar-refractivity contribution in [2.75, 3.05) is 25.5 Å². The lowest BCUT2D eigenvalue weighted by Gasteiger charge is -2.45. The van der Waals surface area contributed by atoms with E-state index in [1.807, 2.05) is 12.1 Å². The van der Waals surface area contributed by atoms with Gasteiger partial charge in [0.25, 0.3) is 0 Å². The maximum atomic E-state index is 13.0. The first-order chi connectivity index (χ1) is 12.1. The molecule has 2 fully saturated rings. The Morgan fingerprint density at radius 3 is 3.08 bits per heavy atom. The largest absolute Gasteiger partial charge is 0.469 e. The van der Waals surface area contributed by atoms with Crippen molar-refractivity contribution in [1.82, 2.24) is 4.90 Å². The molecule has 1 aliphatic carbocycles. The molecule has 3 heterocycles. The predicted octanol–water partition coefficient (Wildman–Crippen LogP) is 2.09. The first-order valence-corrected chi connectivity index (χ1v) is 9.00. The average Bonchev–Trinajstić information content (AvgIpc) is 3.14. The van der Waals surface area contributed by atoms with E-state index in [4.69, 9.17) is 4.74 Å². The third-order valence-corrected chi connectivity index (χ3v) is 6.91. The smallest absolute Gasteiger partial charge is 0.306 e. The second-order valence-electron chi connectivity index (χ2n) is 7.87. The number of benzene rings is 1. The molecule has 3 aliphatic heterocycles. The molecule has 25 heavy (non-hydrogen) atoms. The highest BCUT2D eigenvalue weighted by molar-refractivity contribution is 5.98. The summed E-state index contributed by atoms with van der Waals surface area (Å²) >= 11 is 0. The number of anilines is 1. The Balaban J connectivity index is 1.72. The third-order valence-electron chi connectivity index (χ3n) is 6.91. The lowest BCUT2D eigenvalue weighted by Crippen LogP contribution is -2.53. The molecule has 5 rings (SSSR count). The number of esters is 1. The van der Waals surface area contributed by atoms with Crippen molar-refractivity contribution in [2.45, 2.75) is 30.7 Å². The molecule has 5 heteroatoms. The van der Waals surface area contributed by atoms with Gasteiger partial charge >= 0.3 is 5.97 Å². The number of nitrogens with one attached hydrogen (secondary N) is 1. The summed E-state index contributed by atoms with van der Waals surface area (Å²) in [6.07, 6.45) is 6.39. The summed E-state index contributed by atoms with van der Waals surface area (Å²) < 4.78 is 5.00. The van der Waals surface area contributed by atoms with Crippen LogP contribution in [0.5, 0.6) is 0 Å². The maximum Gasteiger partial charge on any atom is 0.306 e. The zero-order chi connectivity index (χ0) is 17.2. The highest BCUT2D eigenvalue weighted by Gasteiger charge is 2.70. The fourth-order valence-electron chi connectivity index (χ4n) is 6.20. The van der Waals surface area contributed by atoms with Crippen molar-refractivity contribution in [1.29, 1.82) is 0 Å². The Morgan fingerprint density at radius 2 is 2.24 bits per heavy atom. The van der Waals surface area contributed by atoms with Gasteiger partial charge in [0.1, 0.15) is 0 Å². The minimum absolute atomic E-state index is 0.0928. The Kier molecular flexibility index (Phi) is 2.99. The van der Waals surface area contributed by atoms with Crippen LogP contribution in [-0.4, -0.2) is 43.0 Å². The third kappa shape index (κ3) is 1.77. The summed E-state index contributed by atoms with van der Waals surface area (Å²) in [6, 6.07) is 8.38. The number of nitrogens with zero attached hydrogens (tertiary/aromatic N) is 1. The minimum Gasteiger partial charge on any atom is -0.469 e. The molecule has 4 aliphatic rings. The second kappa shape index (κ2) is 4.94. The molecule has 0 radical (unpaired) electrons. The predicted molar refractivity (Wildman–Crippen MR) is 93.0 cm³/mol. The van der Waals surface area contributed by atoms with Gasteiger partial charge in [-0.05, 0) is 31.0 Å². The van der Waals surface area contributed by atoms with Crippen molar-refractivity contribution in [3.8, 4) is 0 Å². The Hall–Kier alpha value is -2.14. The number of hydrogen-bond acceptors (Lipinski definition) is 4. The summed E-state index contributed by atoms with van der Waals surface area (Å²) in [5.74, 6) is -0.182. The second-order valence-corrected chi connectivity index (χ2v) is 7.87. The van der Waals surface area contributed by atoms with Crippen LogP contribution in [0.25, 0.3) is 0 Å². The summed E-state index contributed by atoms with van der Waals surface area (Å²) in [4.78, 5) is 27.7. The molecular weight excluding hydrogens is 316 g/mol. The number of methoxy groups -OCH3 is 1. The van der Waals surface area contributed by atoms with Crippen molar-refractivity contribution < 1.29 is 14.3 Å². The van der Waals surface area contributed by atoms with Crippen LogP contribution in [0.4, 0.5) is 5.69 Å². The monoisotopic (exact) mass is 338 g/mol. The fourth-order valence-corrected chi connectivity index (χ4v) is 6.20. The molecule has 1 saturated heterocycles. The molecule has 0 bridgehead atoms. The topological polar surface area (TPSA) is 58.6 Å². The van der Waals surface area contributed by atoms with Gasteiger partial charge in [-0.1, -0.05) is 30.4 Å². The van der Waals surface area contributed by atoms with E-state index in [0.29, 0.717) is 12.8 Å². The molecule has 0 aromatic heterocycles. The molecule has 1 aromatic rings. The van der Waals surface area contributed by atoms with E-state index in [-0.39, 0.29) is 34.7 Å². The molecule has 1 saturated carbocycles.